The molecule has 146 valence electrons. The summed E-state index contributed by atoms with van der Waals surface area (Å²) in [6.45, 7) is 1.67. The second kappa shape index (κ2) is 8.31. The Kier molecular flexibility index (Phi) is 5.84. The quantitative estimate of drug-likeness (QED) is 0.804. The zero-order chi connectivity index (χ0) is 20.3. The number of ether oxygens (including phenoxy) is 1. The molecule has 1 aliphatic rings. The van der Waals surface area contributed by atoms with Gasteiger partial charge in [-0.05, 0) is 30.3 Å². The Balaban J connectivity index is 1.68. The van der Waals surface area contributed by atoms with E-state index in [4.69, 9.17) is 16.3 Å². The Labute approximate surface area is 167 Å². The Morgan fingerprint density at radius 3 is 2.64 bits per heavy atom. The topological polar surface area (TPSA) is 87.7 Å². The number of nitrogens with zero attached hydrogens (tertiary/aromatic N) is 1. The van der Waals surface area contributed by atoms with E-state index in [1.807, 2.05) is 0 Å². The van der Waals surface area contributed by atoms with E-state index in [1.54, 1.807) is 54.5 Å². The molecular weight excluding hydrogens is 382 g/mol. The van der Waals surface area contributed by atoms with Crippen molar-refractivity contribution < 1.29 is 19.1 Å². The minimum Gasteiger partial charge on any atom is -0.497 e. The highest BCUT2D eigenvalue weighted by molar-refractivity contribution is 6.34. The number of carbonyl (C=O) groups excluding carboxylic acids is 3. The number of carbonyl (C=O) groups is 3. The van der Waals surface area contributed by atoms with Gasteiger partial charge in [-0.15, -0.1) is 0 Å². The van der Waals surface area contributed by atoms with Crippen molar-refractivity contribution in [1.29, 1.82) is 0 Å². The highest BCUT2D eigenvalue weighted by atomic mass is 35.5. The molecule has 3 rings (SSSR count). The van der Waals surface area contributed by atoms with Gasteiger partial charge < -0.3 is 20.3 Å². The van der Waals surface area contributed by atoms with Crippen LogP contribution in [0.5, 0.6) is 5.75 Å². The van der Waals surface area contributed by atoms with E-state index in [2.05, 4.69) is 10.6 Å². The van der Waals surface area contributed by atoms with Gasteiger partial charge in [0.15, 0.2) is 0 Å². The van der Waals surface area contributed by atoms with Crippen molar-refractivity contribution in [1.82, 2.24) is 0 Å². The fourth-order valence-corrected chi connectivity index (χ4v) is 3.27. The summed E-state index contributed by atoms with van der Waals surface area (Å²) in [5, 5.41) is 5.68. The number of amides is 3. The molecule has 0 bridgehead atoms. The molecule has 2 aromatic rings. The summed E-state index contributed by atoms with van der Waals surface area (Å²) < 4.78 is 5.19. The van der Waals surface area contributed by atoms with Gasteiger partial charge >= 0.3 is 0 Å². The van der Waals surface area contributed by atoms with Crippen LogP contribution in [0.4, 0.5) is 17.1 Å². The zero-order valence-electron chi connectivity index (χ0n) is 15.5. The van der Waals surface area contributed by atoms with E-state index in [9.17, 15) is 14.4 Å². The Hall–Kier alpha value is -3.06. The van der Waals surface area contributed by atoms with Crippen LogP contribution in [-0.2, 0) is 14.4 Å². The third-order valence-corrected chi connectivity index (χ3v) is 4.72. The van der Waals surface area contributed by atoms with Gasteiger partial charge in [0, 0.05) is 37.3 Å². The van der Waals surface area contributed by atoms with Crippen LogP contribution < -0.4 is 20.3 Å². The van der Waals surface area contributed by atoms with Gasteiger partial charge in [-0.25, -0.2) is 0 Å². The summed E-state index contributed by atoms with van der Waals surface area (Å²) in [6.07, 6.45) is 0.116. The van der Waals surface area contributed by atoms with Gasteiger partial charge in [0.2, 0.25) is 17.7 Å². The lowest BCUT2D eigenvalue weighted by Gasteiger charge is -2.17. The van der Waals surface area contributed by atoms with Crippen molar-refractivity contribution >= 4 is 46.4 Å². The zero-order valence-corrected chi connectivity index (χ0v) is 16.2. The number of hydrogen-bond donors (Lipinski definition) is 2. The summed E-state index contributed by atoms with van der Waals surface area (Å²) >= 11 is 6.19. The lowest BCUT2D eigenvalue weighted by Crippen LogP contribution is -2.28. The average Bonchev–Trinajstić information content (AvgIpc) is 3.05. The van der Waals surface area contributed by atoms with E-state index in [0.29, 0.717) is 27.8 Å². The molecule has 0 aromatic heterocycles. The molecule has 7 nitrogen and oxygen atoms in total. The molecule has 2 N–H and O–H groups in total. The van der Waals surface area contributed by atoms with Crippen LogP contribution in [0.1, 0.15) is 13.3 Å². The molecule has 1 unspecified atom stereocenters. The first-order valence-corrected chi connectivity index (χ1v) is 9.07. The van der Waals surface area contributed by atoms with Crippen molar-refractivity contribution in [2.24, 2.45) is 5.92 Å². The minimum absolute atomic E-state index is 0.116. The molecule has 1 saturated heterocycles. The Bertz CT molecular complexity index is 931. The fourth-order valence-electron chi connectivity index (χ4n) is 3.04. The van der Waals surface area contributed by atoms with Gasteiger partial charge in [-0.2, -0.15) is 0 Å². The maximum atomic E-state index is 12.6. The van der Waals surface area contributed by atoms with E-state index < -0.39 is 5.92 Å². The lowest BCUT2D eigenvalue weighted by atomic mass is 10.1. The molecule has 1 fully saturated rings. The monoisotopic (exact) mass is 401 g/mol. The maximum absolute atomic E-state index is 12.6. The van der Waals surface area contributed by atoms with Crippen LogP contribution in [0, 0.1) is 5.92 Å². The van der Waals surface area contributed by atoms with E-state index in [1.165, 1.54) is 6.92 Å². The number of anilines is 3. The summed E-state index contributed by atoms with van der Waals surface area (Å²) in [5.74, 6) is -0.475. The van der Waals surface area contributed by atoms with Crippen molar-refractivity contribution in [3.63, 3.8) is 0 Å². The van der Waals surface area contributed by atoms with Crippen LogP contribution >= 0.6 is 11.6 Å². The van der Waals surface area contributed by atoms with Gasteiger partial charge in [0.1, 0.15) is 5.75 Å². The third-order valence-electron chi connectivity index (χ3n) is 4.41. The van der Waals surface area contributed by atoms with Crippen LogP contribution in [0.3, 0.4) is 0 Å². The number of rotatable bonds is 5. The third kappa shape index (κ3) is 4.43. The molecular formula is C20H20ClN3O4. The molecule has 0 spiro atoms. The molecule has 0 radical (unpaired) electrons. The summed E-state index contributed by atoms with van der Waals surface area (Å²) in [6, 6.07) is 12.0. The highest BCUT2D eigenvalue weighted by Gasteiger charge is 2.35. The predicted molar refractivity (Wildman–Crippen MR) is 108 cm³/mol. The predicted octanol–water partition coefficient (Wildman–Crippen LogP) is 3.30. The second-order valence-electron chi connectivity index (χ2n) is 6.47. The SMILES string of the molecule is COc1cccc(N2CC(C(=O)Nc3ccc(NC(C)=O)cc3Cl)CC2=O)c1. The number of nitrogens with one attached hydrogen (secondary N) is 2. The molecule has 1 aliphatic heterocycles. The number of halogens is 1. The number of hydrogen-bond acceptors (Lipinski definition) is 4. The Morgan fingerprint density at radius 1 is 1.18 bits per heavy atom. The molecule has 0 aliphatic carbocycles. The first-order chi connectivity index (χ1) is 13.4. The molecule has 1 heterocycles. The van der Waals surface area contributed by atoms with Crippen LogP contribution in [0.25, 0.3) is 0 Å². The lowest BCUT2D eigenvalue weighted by molar-refractivity contribution is -0.122. The van der Waals surface area contributed by atoms with E-state index in [0.717, 1.165) is 0 Å². The van der Waals surface area contributed by atoms with E-state index in [-0.39, 0.29) is 30.7 Å². The van der Waals surface area contributed by atoms with Gasteiger partial charge in [0.25, 0.3) is 0 Å². The second-order valence-corrected chi connectivity index (χ2v) is 6.88. The number of methoxy groups -OCH3 is 1. The molecule has 0 saturated carbocycles. The first kappa shape index (κ1) is 19.7. The van der Waals surface area contributed by atoms with Crippen LogP contribution in [-0.4, -0.2) is 31.4 Å². The summed E-state index contributed by atoms with van der Waals surface area (Å²) in [7, 11) is 1.56. The summed E-state index contributed by atoms with van der Waals surface area (Å²) in [4.78, 5) is 37.7. The van der Waals surface area contributed by atoms with Crippen molar-refractivity contribution in [3.8, 4) is 5.75 Å². The minimum atomic E-state index is -0.496. The van der Waals surface area contributed by atoms with E-state index >= 15 is 0 Å². The molecule has 1 atom stereocenters. The molecule has 8 heteroatoms. The molecule has 2 aromatic carbocycles. The highest BCUT2D eigenvalue weighted by Crippen LogP contribution is 2.30. The van der Waals surface area contributed by atoms with Crippen LogP contribution in [0.15, 0.2) is 42.5 Å². The number of benzene rings is 2. The fraction of sp³-hybridized carbons (Fsp3) is 0.250. The van der Waals surface area contributed by atoms with Crippen molar-refractivity contribution in [3.05, 3.63) is 47.5 Å². The normalized spacial score (nSPS) is 16.0. The molecule has 3 amide bonds. The van der Waals surface area contributed by atoms with Gasteiger partial charge in [0.05, 0.1) is 23.7 Å². The first-order valence-electron chi connectivity index (χ1n) is 8.70. The van der Waals surface area contributed by atoms with Crippen molar-refractivity contribution in [2.75, 3.05) is 29.2 Å². The van der Waals surface area contributed by atoms with Crippen molar-refractivity contribution in [2.45, 2.75) is 13.3 Å². The van der Waals surface area contributed by atoms with Gasteiger partial charge in [-0.3, -0.25) is 14.4 Å². The largest absolute Gasteiger partial charge is 0.497 e. The summed E-state index contributed by atoms with van der Waals surface area (Å²) in [5.41, 5.74) is 1.65. The van der Waals surface area contributed by atoms with Crippen LogP contribution in [0.2, 0.25) is 5.02 Å². The van der Waals surface area contributed by atoms with Gasteiger partial charge in [-0.1, -0.05) is 17.7 Å². The standard InChI is InChI=1S/C20H20ClN3O4/c1-12(25)22-14-6-7-18(17(21)9-14)23-20(27)13-8-19(26)24(11-13)15-4-3-5-16(10-15)28-2/h3-7,9-10,13H,8,11H2,1-2H3,(H,22,25)(H,23,27). The maximum Gasteiger partial charge on any atom is 0.229 e. The molecule has 28 heavy (non-hydrogen) atoms. The smallest absolute Gasteiger partial charge is 0.229 e. The Morgan fingerprint density at radius 2 is 1.96 bits per heavy atom. The average molecular weight is 402 g/mol.